The number of aryl methyl sites for hydroxylation is 2. The number of benzene rings is 1. The van der Waals surface area contributed by atoms with E-state index in [0.29, 0.717) is 93.1 Å². The zero-order valence-electron chi connectivity index (χ0n) is 33.5. The van der Waals surface area contributed by atoms with Crippen LogP contribution in [0.5, 0.6) is 0 Å². The van der Waals surface area contributed by atoms with E-state index in [2.05, 4.69) is 34.9 Å². The summed E-state index contributed by atoms with van der Waals surface area (Å²) in [5.41, 5.74) is 4.82. The lowest BCUT2D eigenvalue weighted by Crippen LogP contribution is -2.43. The van der Waals surface area contributed by atoms with Crippen molar-refractivity contribution in [3.8, 4) is 11.1 Å². The van der Waals surface area contributed by atoms with Crippen LogP contribution in [-0.4, -0.2) is 122 Å². The van der Waals surface area contributed by atoms with E-state index in [4.69, 9.17) is 14.9 Å². The van der Waals surface area contributed by atoms with Crippen LogP contribution in [0.4, 0.5) is 31.0 Å². The molecule has 3 amide bonds. The SMILES string of the molecule is CNC(=O)N1CCc2c(c(N3CCCc4cc(-c5cnn(C)c5)c(C(F)F)cc43)nn2C2CCN(C(=O)COCCC3CCN(c4ncc(C(=O)O)cn4)CC3)CC2)C1. The zero-order chi connectivity index (χ0) is 41.2. The van der Waals surface area contributed by atoms with Crippen molar-refractivity contribution < 1.29 is 33.0 Å². The number of carbonyl (C=O) groups is 3. The molecule has 0 unspecified atom stereocenters. The summed E-state index contributed by atoms with van der Waals surface area (Å²) in [6, 6.07) is 3.35. The van der Waals surface area contributed by atoms with Gasteiger partial charge in [0.15, 0.2) is 5.82 Å². The first-order valence-electron chi connectivity index (χ1n) is 20.5. The van der Waals surface area contributed by atoms with Gasteiger partial charge < -0.3 is 34.8 Å². The summed E-state index contributed by atoms with van der Waals surface area (Å²) in [4.78, 5) is 53.4. The molecule has 0 saturated carbocycles. The molecule has 1 aromatic carbocycles. The summed E-state index contributed by atoms with van der Waals surface area (Å²) in [6.07, 6.45) is 9.66. The minimum atomic E-state index is -2.69. The average molecular weight is 816 g/mol. The fourth-order valence-electron chi connectivity index (χ4n) is 9.02. The Balaban J connectivity index is 0.903. The van der Waals surface area contributed by atoms with Crippen LogP contribution in [0.3, 0.4) is 0 Å². The topological polar surface area (TPSA) is 167 Å². The highest BCUT2D eigenvalue weighted by Gasteiger charge is 2.35. The molecule has 8 rings (SSSR count). The molecular weight excluding hydrogens is 765 g/mol. The molecule has 0 spiro atoms. The van der Waals surface area contributed by atoms with E-state index in [-0.39, 0.29) is 35.7 Å². The highest BCUT2D eigenvalue weighted by atomic mass is 19.3. The molecule has 59 heavy (non-hydrogen) atoms. The summed E-state index contributed by atoms with van der Waals surface area (Å²) in [7, 11) is 3.38. The van der Waals surface area contributed by atoms with Crippen LogP contribution in [0.25, 0.3) is 11.1 Å². The van der Waals surface area contributed by atoms with E-state index in [1.807, 2.05) is 11.0 Å². The van der Waals surface area contributed by atoms with Gasteiger partial charge in [-0.25, -0.2) is 28.3 Å². The summed E-state index contributed by atoms with van der Waals surface area (Å²) >= 11 is 0. The normalized spacial score (nSPS) is 17.6. The largest absolute Gasteiger partial charge is 0.478 e. The number of likely N-dealkylation sites (tertiary alicyclic amines) is 1. The molecule has 0 radical (unpaired) electrons. The number of urea groups is 1. The average Bonchev–Trinajstić information content (AvgIpc) is 3.87. The Morgan fingerprint density at radius 1 is 0.966 bits per heavy atom. The van der Waals surface area contributed by atoms with Crippen LogP contribution in [0.2, 0.25) is 0 Å². The molecule has 7 heterocycles. The smallest absolute Gasteiger partial charge is 0.338 e. The van der Waals surface area contributed by atoms with Crippen LogP contribution in [0.1, 0.15) is 83.7 Å². The monoisotopic (exact) mass is 815 g/mol. The molecule has 4 aromatic rings. The third-order valence-electron chi connectivity index (χ3n) is 12.3. The Morgan fingerprint density at radius 2 is 1.73 bits per heavy atom. The highest BCUT2D eigenvalue weighted by molar-refractivity contribution is 5.86. The molecule has 2 N–H and O–H groups in total. The van der Waals surface area contributed by atoms with Gasteiger partial charge in [0.1, 0.15) is 6.61 Å². The van der Waals surface area contributed by atoms with Crippen molar-refractivity contribution in [1.82, 2.24) is 44.6 Å². The van der Waals surface area contributed by atoms with E-state index in [0.717, 1.165) is 62.0 Å². The third-order valence-corrected chi connectivity index (χ3v) is 12.3. The number of carbonyl (C=O) groups excluding carboxylic acids is 2. The molecule has 0 bridgehead atoms. The summed E-state index contributed by atoms with van der Waals surface area (Å²) in [6.45, 7) is 4.70. The van der Waals surface area contributed by atoms with Crippen LogP contribution in [0, 0.1) is 5.92 Å². The fourth-order valence-corrected chi connectivity index (χ4v) is 9.02. The molecule has 18 heteroatoms. The van der Waals surface area contributed by atoms with Crippen molar-refractivity contribution >= 4 is 35.4 Å². The van der Waals surface area contributed by atoms with Crippen molar-refractivity contribution in [2.24, 2.45) is 13.0 Å². The number of anilines is 3. The Labute approximate surface area is 341 Å². The second kappa shape index (κ2) is 17.3. The van der Waals surface area contributed by atoms with Crippen LogP contribution in [-0.2, 0) is 36.0 Å². The molecule has 0 atom stereocenters. The van der Waals surface area contributed by atoms with Gasteiger partial charge in [0.25, 0.3) is 6.43 Å². The number of piperidine rings is 2. The number of nitrogens with one attached hydrogen (secondary N) is 1. The molecule has 2 saturated heterocycles. The van der Waals surface area contributed by atoms with Crippen molar-refractivity contribution in [1.29, 1.82) is 0 Å². The van der Waals surface area contributed by atoms with Crippen molar-refractivity contribution in [2.45, 2.75) is 70.4 Å². The third kappa shape index (κ3) is 8.45. The van der Waals surface area contributed by atoms with E-state index >= 15 is 0 Å². The number of carboxylic acids is 1. The van der Waals surface area contributed by atoms with Gasteiger partial charge in [-0.1, -0.05) is 0 Å². The molecular formula is C41H51F2N11O5. The lowest BCUT2D eigenvalue weighted by atomic mass is 9.92. The molecule has 314 valence electrons. The first-order valence-corrected chi connectivity index (χ1v) is 20.5. The van der Waals surface area contributed by atoms with Gasteiger partial charge in [-0.3, -0.25) is 14.2 Å². The second-order valence-electron chi connectivity index (χ2n) is 15.9. The van der Waals surface area contributed by atoms with Crippen molar-refractivity contribution in [2.75, 3.05) is 69.3 Å². The van der Waals surface area contributed by atoms with Crippen LogP contribution >= 0.6 is 0 Å². The number of alkyl halides is 2. The van der Waals surface area contributed by atoms with Gasteiger partial charge in [-0.05, 0) is 74.1 Å². The molecule has 16 nitrogen and oxygen atoms in total. The maximum absolute atomic E-state index is 14.7. The standard InChI is InChI=1S/C41H51F2N11O5/c1-44-41(58)52-16-9-34-33(24-52)38(53-11-3-4-27-18-31(29-22-47-49(2)23-29)32(37(42)43)19-35(27)53)48-54(34)30-7-14-50(15-8-30)36(55)25-59-17-10-26-5-12-51(13-6-26)40-45-20-28(21-46-40)39(56)57/h18-23,26,30,37H,3-17,24-25H2,1-2H3,(H,44,58)(H,56,57). The Bertz CT molecular complexity index is 2160. The predicted octanol–water partition coefficient (Wildman–Crippen LogP) is 4.98. The maximum atomic E-state index is 14.7. The van der Waals surface area contributed by atoms with Crippen molar-refractivity contribution in [3.05, 3.63) is 64.9 Å². The number of hydrogen-bond donors (Lipinski definition) is 2. The first-order chi connectivity index (χ1) is 28.6. The predicted molar refractivity (Wildman–Crippen MR) is 214 cm³/mol. The molecule has 0 aliphatic carbocycles. The van der Waals surface area contributed by atoms with E-state index in [9.17, 15) is 23.2 Å². The summed E-state index contributed by atoms with van der Waals surface area (Å²) < 4.78 is 39.0. The lowest BCUT2D eigenvalue weighted by molar-refractivity contribution is -0.137. The van der Waals surface area contributed by atoms with Gasteiger partial charge in [0.05, 0.1) is 24.3 Å². The number of carboxylic acid groups (broad SMARTS) is 1. The van der Waals surface area contributed by atoms with Gasteiger partial charge in [0, 0.05) is 113 Å². The number of ether oxygens (including phenoxy) is 1. The lowest BCUT2D eigenvalue weighted by Gasteiger charge is -2.34. The van der Waals surface area contributed by atoms with Gasteiger partial charge in [-0.15, -0.1) is 0 Å². The van der Waals surface area contributed by atoms with Gasteiger partial charge in [0.2, 0.25) is 11.9 Å². The zero-order valence-corrected chi connectivity index (χ0v) is 33.5. The number of hydrogen-bond acceptors (Lipinski definition) is 10. The molecule has 4 aliphatic heterocycles. The maximum Gasteiger partial charge on any atom is 0.338 e. The fraction of sp³-hybridized carbons (Fsp3) is 0.537. The van der Waals surface area contributed by atoms with Crippen LogP contribution < -0.4 is 15.1 Å². The van der Waals surface area contributed by atoms with E-state index < -0.39 is 12.4 Å². The number of nitrogens with zero attached hydrogens (tertiary/aromatic N) is 10. The number of aromatic nitrogens is 6. The minimum Gasteiger partial charge on any atom is -0.478 e. The summed E-state index contributed by atoms with van der Waals surface area (Å²) in [5.74, 6) is 0.609. The number of aromatic carboxylic acids is 1. The minimum absolute atomic E-state index is 0.0292. The Kier molecular flexibility index (Phi) is 11.8. The van der Waals surface area contributed by atoms with E-state index in [1.54, 1.807) is 42.1 Å². The quantitative estimate of drug-likeness (QED) is 0.196. The molecule has 3 aromatic heterocycles. The van der Waals surface area contributed by atoms with Crippen LogP contribution in [0.15, 0.2) is 36.9 Å². The van der Waals surface area contributed by atoms with Crippen molar-refractivity contribution in [3.63, 3.8) is 0 Å². The summed E-state index contributed by atoms with van der Waals surface area (Å²) in [5, 5.41) is 21.3. The number of fused-ring (bicyclic) bond motifs is 2. The first kappa shape index (κ1) is 40.1. The second-order valence-corrected chi connectivity index (χ2v) is 15.9. The Morgan fingerprint density at radius 3 is 2.41 bits per heavy atom. The number of rotatable bonds is 11. The number of halogens is 2. The van der Waals surface area contributed by atoms with E-state index in [1.165, 1.54) is 12.4 Å². The van der Waals surface area contributed by atoms with Gasteiger partial charge in [-0.2, -0.15) is 10.2 Å². The molecule has 4 aliphatic rings. The molecule has 2 fully saturated rings. The number of amides is 3. The highest BCUT2D eigenvalue weighted by Crippen LogP contribution is 2.43. The Hall–Kier alpha value is -5.65. The van der Waals surface area contributed by atoms with Gasteiger partial charge >= 0.3 is 12.0 Å².